The first-order valence-electron chi connectivity index (χ1n) is 10.3. The van der Waals surface area contributed by atoms with Crippen LogP contribution in [0.2, 0.25) is 5.02 Å². The van der Waals surface area contributed by atoms with Crippen molar-refractivity contribution in [3.63, 3.8) is 0 Å². The summed E-state index contributed by atoms with van der Waals surface area (Å²) in [5.74, 6) is 0.113. The zero-order valence-corrected chi connectivity index (χ0v) is 17.8. The Labute approximate surface area is 187 Å². The molecule has 3 aromatic rings. The fourth-order valence-corrected chi connectivity index (χ4v) is 3.98. The number of hydrogen-bond donors (Lipinski definition) is 2. The minimum absolute atomic E-state index is 0.0563. The summed E-state index contributed by atoms with van der Waals surface area (Å²) in [7, 11) is 0. The lowest BCUT2D eigenvalue weighted by atomic mass is 9.99. The van der Waals surface area contributed by atoms with Crippen molar-refractivity contribution < 1.29 is 9.59 Å². The first kappa shape index (κ1) is 20.9. The van der Waals surface area contributed by atoms with Crippen LogP contribution in [0, 0.1) is 5.92 Å². The van der Waals surface area contributed by atoms with E-state index < -0.39 is 0 Å². The van der Waals surface area contributed by atoms with E-state index in [1.807, 2.05) is 72.8 Å². The van der Waals surface area contributed by atoms with Gasteiger partial charge in [-0.25, -0.2) is 4.79 Å². The van der Waals surface area contributed by atoms with Gasteiger partial charge in [0.2, 0.25) is 5.91 Å². The molecule has 1 aliphatic rings. The number of nitrogens with zero attached hydrogens (tertiary/aromatic N) is 1. The summed E-state index contributed by atoms with van der Waals surface area (Å²) in [6.45, 7) is 1.000. The van der Waals surface area contributed by atoms with Crippen LogP contribution >= 0.6 is 11.6 Å². The fourth-order valence-electron chi connectivity index (χ4n) is 3.86. The van der Waals surface area contributed by atoms with E-state index in [4.69, 9.17) is 11.6 Å². The molecular weight excluding hydrogens is 410 g/mol. The van der Waals surface area contributed by atoms with E-state index in [0.717, 1.165) is 16.8 Å². The summed E-state index contributed by atoms with van der Waals surface area (Å²) < 4.78 is 0. The molecule has 1 unspecified atom stereocenters. The Bertz CT molecular complexity index is 986. The van der Waals surface area contributed by atoms with Crippen molar-refractivity contribution in [1.29, 1.82) is 0 Å². The Morgan fingerprint density at radius 2 is 1.52 bits per heavy atom. The molecule has 2 N–H and O–H groups in total. The first-order valence-corrected chi connectivity index (χ1v) is 10.7. The average molecular weight is 434 g/mol. The summed E-state index contributed by atoms with van der Waals surface area (Å²) in [6.07, 6.45) is 0.406. The van der Waals surface area contributed by atoms with Crippen LogP contribution in [0.3, 0.4) is 0 Å². The topological polar surface area (TPSA) is 61.4 Å². The van der Waals surface area contributed by atoms with Gasteiger partial charge in [0.05, 0.1) is 6.04 Å². The van der Waals surface area contributed by atoms with E-state index >= 15 is 0 Å². The monoisotopic (exact) mass is 433 g/mol. The standard InChI is InChI=1S/C25H24ClN3O2/c26-21-11-13-22(14-12-21)29-17-18(15-23(29)30)16-27-25(31)28-24(19-7-3-1-4-8-19)20-9-5-2-6-10-20/h1-14,18,24H,15-17H2,(H2,27,28,31). The number of nitrogens with one attached hydrogen (secondary N) is 2. The summed E-state index contributed by atoms with van der Waals surface area (Å²) in [5.41, 5.74) is 2.84. The van der Waals surface area contributed by atoms with E-state index in [0.29, 0.717) is 24.5 Å². The lowest BCUT2D eigenvalue weighted by molar-refractivity contribution is -0.117. The van der Waals surface area contributed by atoms with Crippen molar-refractivity contribution in [2.75, 3.05) is 18.0 Å². The van der Waals surface area contributed by atoms with Gasteiger partial charge in [-0.1, -0.05) is 72.3 Å². The van der Waals surface area contributed by atoms with Gasteiger partial charge >= 0.3 is 6.03 Å². The molecule has 1 aliphatic heterocycles. The third kappa shape index (κ3) is 5.25. The van der Waals surface area contributed by atoms with Crippen molar-refractivity contribution in [1.82, 2.24) is 10.6 Å². The first-order chi connectivity index (χ1) is 15.1. The molecule has 0 aliphatic carbocycles. The van der Waals surface area contributed by atoms with Gasteiger partial charge < -0.3 is 15.5 Å². The van der Waals surface area contributed by atoms with E-state index in [1.54, 1.807) is 17.0 Å². The Morgan fingerprint density at radius 3 is 2.10 bits per heavy atom. The highest BCUT2D eigenvalue weighted by Crippen LogP contribution is 2.26. The molecule has 0 spiro atoms. The predicted octanol–water partition coefficient (Wildman–Crippen LogP) is 4.78. The smallest absolute Gasteiger partial charge is 0.315 e. The quantitative estimate of drug-likeness (QED) is 0.587. The van der Waals surface area contributed by atoms with Gasteiger partial charge in [0.15, 0.2) is 0 Å². The van der Waals surface area contributed by atoms with Gasteiger partial charge in [0.25, 0.3) is 0 Å². The van der Waals surface area contributed by atoms with Crippen LogP contribution in [0.25, 0.3) is 0 Å². The normalized spacial score (nSPS) is 15.9. The van der Waals surface area contributed by atoms with E-state index in [1.165, 1.54) is 0 Å². The molecule has 4 rings (SSSR count). The Morgan fingerprint density at radius 1 is 0.935 bits per heavy atom. The van der Waals surface area contributed by atoms with Gasteiger partial charge in [-0.2, -0.15) is 0 Å². The molecule has 1 atom stereocenters. The van der Waals surface area contributed by atoms with Crippen LogP contribution in [0.4, 0.5) is 10.5 Å². The molecule has 5 nitrogen and oxygen atoms in total. The molecule has 1 heterocycles. The van der Waals surface area contributed by atoms with E-state index in [-0.39, 0.29) is 23.9 Å². The third-order valence-electron chi connectivity index (χ3n) is 5.44. The minimum atomic E-state index is -0.255. The lowest BCUT2D eigenvalue weighted by Crippen LogP contribution is -2.41. The molecule has 158 valence electrons. The molecule has 0 saturated carbocycles. The molecule has 3 aromatic carbocycles. The van der Waals surface area contributed by atoms with Crippen molar-refractivity contribution in [3.8, 4) is 0 Å². The van der Waals surface area contributed by atoms with Crippen molar-refractivity contribution in [2.24, 2.45) is 5.92 Å². The zero-order chi connectivity index (χ0) is 21.6. The molecule has 0 radical (unpaired) electrons. The number of carbonyl (C=O) groups excluding carboxylic acids is 2. The van der Waals surface area contributed by atoms with Crippen molar-refractivity contribution >= 4 is 29.2 Å². The summed E-state index contributed by atoms with van der Waals surface area (Å²) >= 11 is 5.94. The second-order valence-corrected chi connectivity index (χ2v) is 8.10. The number of rotatable bonds is 6. The van der Waals surface area contributed by atoms with Crippen LogP contribution < -0.4 is 15.5 Å². The van der Waals surface area contributed by atoms with Crippen LogP contribution in [-0.4, -0.2) is 25.0 Å². The summed E-state index contributed by atoms with van der Waals surface area (Å²) in [5, 5.41) is 6.65. The molecule has 31 heavy (non-hydrogen) atoms. The van der Waals surface area contributed by atoms with Crippen LogP contribution in [0.15, 0.2) is 84.9 Å². The highest BCUT2D eigenvalue weighted by atomic mass is 35.5. The van der Waals surface area contributed by atoms with Crippen molar-refractivity contribution in [3.05, 3.63) is 101 Å². The molecule has 1 saturated heterocycles. The largest absolute Gasteiger partial charge is 0.338 e. The number of benzene rings is 3. The SMILES string of the molecule is O=C(NCC1CC(=O)N(c2ccc(Cl)cc2)C1)NC(c1ccccc1)c1ccccc1. The van der Waals surface area contributed by atoms with Gasteiger partial charge in [-0.05, 0) is 35.4 Å². The zero-order valence-electron chi connectivity index (χ0n) is 17.0. The Balaban J connectivity index is 1.37. The third-order valence-corrected chi connectivity index (χ3v) is 5.69. The maximum Gasteiger partial charge on any atom is 0.315 e. The molecule has 0 bridgehead atoms. The number of anilines is 1. The molecule has 6 heteroatoms. The van der Waals surface area contributed by atoms with Gasteiger partial charge in [0.1, 0.15) is 0 Å². The van der Waals surface area contributed by atoms with Gasteiger partial charge in [-0.15, -0.1) is 0 Å². The summed E-state index contributed by atoms with van der Waals surface area (Å²) in [4.78, 5) is 26.9. The van der Waals surface area contributed by atoms with E-state index in [2.05, 4.69) is 10.6 Å². The fraction of sp³-hybridized carbons (Fsp3) is 0.200. The van der Waals surface area contributed by atoms with Crippen LogP contribution in [0.5, 0.6) is 0 Å². The number of urea groups is 1. The molecule has 1 fully saturated rings. The number of halogens is 1. The highest BCUT2D eigenvalue weighted by Gasteiger charge is 2.31. The highest BCUT2D eigenvalue weighted by molar-refractivity contribution is 6.30. The minimum Gasteiger partial charge on any atom is -0.338 e. The number of hydrogen-bond acceptors (Lipinski definition) is 2. The van der Waals surface area contributed by atoms with Crippen LogP contribution in [-0.2, 0) is 4.79 Å². The number of amides is 3. The summed E-state index contributed by atoms with van der Waals surface area (Å²) in [6, 6.07) is 26.5. The maximum absolute atomic E-state index is 12.7. The number of carbonyl (C=O) groups is 2. The lowest BCUT2D eigenvalue weighted by Gasteiger charge is -2.21. The van der Waals surface area contributed by atoms with Crippen LogP contribution in [0.1, 0.15) is 23.6 Å². The second-order valence-electron chi connectivity index (χ2n) is 7.66. The van der Waals surface area contributed by atoms with E-state index in [9.17, 15) is 9.59 Å². The molecule has 0 aromatic heterocycles. The van der Waals surface area contributed by atoms with Gasteiger partial charge in [0, 0.05) is 36.1 Å². The average Bonchev–Trinajstić information content (AvgIpc) is 3.18. The van der Waals surface area contributed by atoms with Gasteiger partial charge in [-0.3, -0.25) is 4.79 Å². The van der Waals surface area contributed by atoms with Crippen molar-refractivity contribution in [2.45, 2.75) is 12.5 Å². The second kappa shape index (κ2) is 9.67. The molecule has 3 amide bonds. The Hall–Kier alpha value is -3.31. The predicted molar refractivity (Wildman–Crippen MR) is 123 cm³/mol. The molecular formula is C25H24ClN3O2. The Kier molecular flexibility index (Phi) is 6.53. The maximum atomic E-state index is 12.7.